The molecule has 214 valence electrons. The van der Waals surface area contributed by atoms with Crippen molar-refractivity contribution in [1.82, 2.24) is 42.5 Å². The van der Waals surface area contributed by atoms with Crippen molar-refractivity contribution in [2.45, 2.75) is 68.9 Å². The molecule has 9 nitrogen and oxygen atoms in total. The zero-order chi connectivity index (χ0) is 26.5. The second-order valence-corrected chi connectivity index (χ2v) is 11.3. The van der Waals surface area contributed by atoms with Gasteiger partial charge in [0.1, 0.15) is 0 Å². The maximum Gasteiger partial charge on any atom is 0.166 e. The van der Waals surface area contributed by atoms with Crippen LogP contribution < -0.4 is 48.3 Å². The summed E-state index contributed by atoms with van der Waals surface area (Å²) in [6.07, 6.45) is 16.3. The van der Waals surface area contributed by atoms with Crippen LogP contribution in [0.25, 0.3) is 0 Å². The minimum atomic E-state index is -0.306. The summed E-state index contributed by atoms with van der Waals surface area (Å²) in [7, 11) is 0. The number of nitrogens with two attached hydrogens (primary N) is 1. The van der Waals surface area contributed by atoms with Gasteiger partial charge in [0.15, 0.2) is 5.11 Å². The van der Waals surface area contributed by atoms with Crippen molar-refractivity contribution >= 4 is 17.3 Å². The van der Waals surface area contributed by atoms with Gasteiger partial charge in [-0.1, -0.05) is 38.5 Å². The lowest BCUT2D eigenvalue weighted by Crippen LogP contribution is -2.68. The van der Waals surface area contributed by atoms with Gasteiger partial charge in [-0.05, 0) is 25.1 Å². The largest absolute Gasteiger partial charge is 0.363 e. The Morgan fingerprint density at radius 2 is 1.08 bits per heavy atom. The summed E-state index contributed by atoms with van der Waals surface area (Å²) in [5.74, 6) is 2.72. The van der Waals surface area contributed by atoms with Gasteiger partial charge >= 0.3 is 0 Å². The first-order chi connectivity index (χ1) is 18.1. The third kappa shape index (κ3) is 15.2. The van der Waals surface area contributed by atoms with Crippen molar-refractivity contribution in [3.63, 3.8) is 0 Å². The minimum Gasteiger partial charge on any atom is -0.363 e. The minimum absolute atomic E-state index is 0.227. The van der Waals surface area contributed by atoms with E-state index in [1.54, 1.807) is 0 Å². The molecule has 10 heteroatoms. The smallest absolute Gasteiger partial charge is 0.166 e. The molecule has 3 saturated heterocycles. The lowest BCUT2D eigenvalue weighted by atomic mass is 9.98. The standard InChI is InChI=1S/C27H55N9S/c1-2-3-4-5-6-7-8-9-10-11-12-35-25(37)36-27-22-32-16-13-29-19-26(28,20-30-14-17-33-23-27)21-31-15-18-34-24-27/h1,29-34H,3-24,28H2,(H2,35,36,37). The van der Waals surface area contributed by atoms with Gasteiger partial charge in [-0.2, -0.15) is 0 Å². The van der Waals surface area contributed by atoms with Crippen LogP contribution in [0.5, 0.6) is 0 Å². The third-order valence-electron chi connectivity index (χ3n) is 7.17. The lowest BCUT2D eigenvalue weighted by Gasteiger charge is -2.38. The normalized spacial score (nSPS) is 26.5. The number of hydrogen-bond acceptors (Lipinski definition) is 8. The molecule has 0 saturated carbocycles. The maximum atomic E-state index is 6.69. The number of fused-ring (bicyclic) bond motifs is 15. The van der Waals surface area contributed by atoms with Gasteiger partial charge in [-0.15, -0.1) is 12.3 Å². The highest BCUT2D eigenvalue weighted by Gasteiger charge is 2.31. The van der Waals surface area contributed by atoms with Crippen molar-refractivity contribution < 1.29 is 0 Å². The average molecular weight is 538 g/mol. The number of nitrogens with one attached hydrogen (secondary N) is 8. The summed E-state index contributed by atoms with van der Waals surface area (Å²) in [4.78, 5) is 0. The number of rotatable bonds is 11. The Morgan fingerprint density at radius 1 is 0.676 bits per heavy atom. The van der Waals surface area contributed by atoms with E-state index in [0.717, 1.165) is 103 Å². The van der Waals surface area contributed by atoms with E-state index in [0.29, 0.717) is 0 Å². The average Bonchev–Trinajstić information content (AvgIpc) is 2.88. The Morgan fingerprint density at radius 3 is 1.54 bits per heavy atom. The Labute approximate surface area is 231 Å². The van der Waals surface area contributed by atoms with E-state index in [1.807, 2.05) is 0 Å². The Balaban J connectivity index is 1.79. The number of unbranched alkanes of at least 4 members (excludes halogenated alkanes) is 8. The van der Waals surface area contributed by atoms with E-state index in [4.69, 9.17) is 24.4 Å². The maximum absolute atomic E-state index is 6.69. The summed E-state index contributed by atoms with van der Waals surface area (Å²) in [5.41, 5.74) is 6.16. The highest BCUT2D eigenvalue weighted by Crippen LogP contribution is 2.09. The fraction of sp³-hybridized carbons (Fsp3) is 0.889. The fourth-order valence-electron chi connectivity index (χ4n) is 4.93. The van der Waals surface area contributed by atoms with Gasteiger partial charge in [-0.3, -0.25) is 0 Å². The molecule has 0 aliphatic carbocycles. The fourth-order valence-corrected chi connectivity index (χ4v) is 5.25. The first-order valence-corrected chi connectivity index (χ1v) is 15.0. The molecule has 0 atom stereocenters. The third-order valence-corrected chi connectivity index (χ3v) is 7.42. The molecule has 0 aromatic rings. The van der Waals surface area contributed by atoms with Crippen LogP contribution in [0.2, 0.25) is 0 Å². The van der Waals surface area contributed by atoms with Crippen molar-refractivity contribution in [3.05, 3.63) is 0 Å². The molecule has 0 radical (unpaired) electrons. The zero-order valence-electron chi connectivity index (χ0n) is 23.1. The van der Waals surface area contributed by atoms with Gasteiger partial charge in [0.25, 0.3) is 0 Å². The molecule has 3 rings (SSSR count). The van der Waals surface area contributed by atoms with Crippen molar-refractivity contribution in [2.24, 2.45) is 5.73 Å². The predicted molar refractivity (Wildman–Crippen MR) is 161 cm³/mol. The SMILES string of the molecule is C#CCCCCCCCCCCNC(=S)NC12CNCCNCC(N)(CNCCNC1)CNCCNC2. The molecule has 0 unspecified atom stereocenters. The quantitative estimate of drug-likeness (QED) is 0.0977. The first-order valence-electron chi connectivity index (χ1n) is 14.6. The first kappa shape index (κ1) is 32.2. The molecule has 0 aromatic heterocycles. The predicted octanol–water partition coefficient (Wildman–Crippen LogP) is -0.404. The second-order valence-electron chi connectivity index (χ2n) is 10.9. The van der Waals surface area contributed by atoms with E-state index in [9.17, 15) is 0 Å². The molecule has 3 fully saturated rings. The molecular weight excluding hydrogens is 482 g/mol. The molecular formula is C27H55N9S. The summed E-state index contributed by atoms with van der Waals surface area (Å²) in [5, 5.41) is 29.4. The van der Waals surface area contributed by atoms with Crippen LogP contribution in [0.4, 0.5) is 0 Å². The van der Waals surface area contributed by atoms with E-state index in [1.165, 1.54) is 44.9 Å². The molecule has 3 aliphatic rings. The van der Waals surface area contributed by atoms with Gasteiger partial charge in [0.2, 0.25) is 0 Å². The Hall–Kier alpha value is -1.03. The number of terminal acetylenes is 1. The monoisotopic (exact) mass is 537 g/mol. The van der Waals surface area contributed by atoms with Gasteiger partial charge in [-0.25, -0.2) is 0 Å². The van der Waals surface area contributed by atoms with Crippen LogP contribution in [0.15, 0.2) is 0 Å². The highest BCUT2D eigenvalue weighted by atomic mass is 32.1. The summed E-state index contributed by atoms with van der Waals surface area (Å²) >= 11 is 5.75. The lowest BCUT2D eigenvalue weighted by molar-refractivity contribution is 0.298. The molecule has 0 spiro atoms. The van der Waals surface area contributed by atoms with E-state index < -0.39 is 0 Å². The molecule has 2 bridgehead atoms. The van der Waals surface area contributed by atoms with Gasteiger partial charge in [0, 0.05) is 91.5 Å². The van der Waals surface area contributed by atoms with Crippen LogP contribution in [0.1, 0.15) is 57.8 Å². The summed E-state index contributed by atoms with van der Waals surface area (Å²) in [6, 6.07) is 0. The molecule has 3 heterocycles. The van der Waals surface area contributed by atoms with Crippen LogP contribution in [0.3, 0.4) is 0 Å². The topological polar surface area (TPSA) is 122 Å². The summed E-state index contributed by atoms with van der Waals surface area (Å²) in [6.45, 7) is 11.0. The van der Waals surface area contributed by atoms with Crippen molar-refractivity contribution in [3.8, 4) is 12.3 Å². The van der Waals surface area contributed by atoms with Crippen molar-refractivity contribution in [1.29, 1.82) is 0 Å². The van der Waals surface area contributed by atoms with E-state index in [-0.39, 0.29) is 11.1 Å². The zero-order valence-corrected chi connectivity index (χ0v) is 23.9. The second kappa shape index (κ2) is 20.0. The molecule has 0 amide bonds. The van der Waals surface area contributed by atoms with Crippen LogP contribution in [-0.4, -0.2) is 101 Å². The number of thiocarbonyl (C=S) groups is 1. The summed E-state index contributed by atoms with van der Waals surface area (Å²) < 4.78 is 0. The Bertz CT molecular complexity index is 596. The highest BCUT2D eigenvalue weighted by molar-refractivity contribution is 7.80. The van der Waals surface area contributed by atoms with Crippen LogP contribution >= 0.6 is 12.2 Å². The van der Waals surface area contributed by atoms with Crippen LogP contribution in [0, 0.1) is 12.3 Å². The molecule has 37 heavy (non-hydrogen) atoms. The molecule has 3 aliphatic heterocycles. The van der Waals surface area contributed by atoms with Gasteiger partial charge < -0.3 is 48.3 Å². The van der Waals surface area contributed by atoms with Crippen LogP contribution in [-0.2, 0) is 0 Å². The number of hydrogen-bond donors (Lipinski definition) is 9. The Kier molecular flexibility index (Phi) is 17.4. The molecule has 10 N–H and O–H groups in total. The van der Waals surface area contributed by atoms with E-state index >= 15 is 0 Å². The van der Waals surface area contributed by atoms with Crippen molar-refractivity contribution in [2.75, 3.05) is 85.1 Å². The van der Waals surface area contributed by atoms with Gasteiger partial charge in [0.05, 0.1) is 11.1 Å². The van der Waals surface area contributed by atoms with E-state index in [2.05, 4.69) is 48.5 Å². The molecule has 0 aromatic carbocycles.